The molecule has 1 aliphatic heterocycles. The van der Waals surface area contributed by atoms with E-state index in [2.05, 4.69) is 44.3 Å². The fraction of sp³-hybridized carbons (Fsp3) is 0.500. The van der Waals surface area contributed by atoms with E-state index in [-0.39, 0.29) is 5.60 Å². The van der Waals surface area contributed by atoms with E-state index in [0.717, 1.165) is 18.8 Å². The molecule has 0 saturated carbocycles. The normalized spacial score (nSPS) is 15.4. The van der Waals surface area contributed by atoms with Crippen LogP contribution in [0.15, 0.2) is 18.2 Å². The van der Waals surface area contributed by atoms with E-state index in [1.54, 1.807) is 0 Å². The standard InChI is InChI=1S/C12H17NO/c1-12(2,3)14-11-6-4-5-9-7-13-8-10(9)11/h4-6,13H,7-8H2,1-3H3. The summed E-state index contributed by atoms with van der Waals surface area (Å²) >= 11 is 0. The summed E-state index contributed by atoms with van der Waals surface area (Å²) in [5, 5.41) is 3.33. The predicted octanol–water partition coefficient (Wildman–Crippen LogP) is 2.47. The fourth-order valence-electron chi connectivity index (χ4n) is 1.73. The molecule has 0 spiro atoms. The lowest BCUT2D eigenvalue weighted by atomic mass is 10.1. The second-order valence-corrected chi connectivity index (χ2v) is 4.71. The molecule has 0 aliphatic carbocycles. The molecule has 0 atom stereocenters. The van der Waals surface area contributed by atoms with Gasteiger partial charge in [0.1, 0.15) is 11.4 Å². The minimum atomic E-state index is -0.113. The molecule has 76 valence electrons. The molecule has 0 saturated heterocycles. The minimum Gasteiger partial charge on any atom is -0.488 e. The first-order valence-electron chi connectivity index (χ1n) is 5.07. The molecule has 1 heterocycles. The van der Waals surface area contributed by atoms with Gasteiger partial charge in [-0.2, -0.15) is 0 Å². The lowest BCUT2D eigenvalue weighted by Crippen LogP contribution is -2.23. The van der Waals surface area contributed by atoms with Gasteiger partial charge in [-0.25, -0.2) is 0 Å². The van der Waals surface area contributed by atoms with Crippen LogP contribution in [0.1, 0.15) is 31.9 Å². The van der Waals surface area contributed by atoms with Crippen molar-refractivity contribution in [3.8, 4) is 5.75 Å². The van der Waals surface area contributed by atoms with Gasteiger partial charge in [-0.15, -0.1) is 0 Å². The van der Waals surface area contributed by atoms with E-state index in [4.69, 9.17) is 4.74 Å². The van der Waals surface area contributed by atoms with Gasteiger partial charge in [0, 0.05) is 18.7 Å². The predicted molar refractivity (Wildman–Crippen MR) is 57.4 cm³/mol. The molecule has 0 radical (unpaired) electrons. The van der Waals surface area contributed by atoms with Gasteiger partial charge in [0.25, 0.3) is 0 Å². The van der Waals surface area contributed by atoms with Gasteiger partial charge in [0.15, 0.2) is 0 Å². The van der Waals surface area contributed by atoms with Gasteiger partial charge < -0.3 is 10.1 Å². The molecule has 1 aromatic carbocycles. The molecule has 1 N–H and O–H groups in total. The zero-order chi connectivity index (χ0) is 10.2. The molecule has 0 unspecified atom stereocenters. The third-order valence-corrected chi connectivity index (χ3v) is 2.26. The Morgan fingerprint density at radius 1 is 1.21 bits per heavy atom. The second-order valence-electron chi connectivity index (χ2n) is 4.71. The third-order valence-electron chi connectivity index (χ3n) is 2.26. The maximum atomic E-state index is 5.90. The first-order valence-corrected chi connectivity index (χ1v) is 5.07. The van der Waals surface area contributed by atoms with Gasteiger partial charge in [0.2, 0.25) is 0 Å². The quantitative estimate of drug-likeness (QED) is 0.736. The van der Waals surface area contributed by atoms with Crippen molar-refractivity contribution in [1.29, 1.82) is 0 Å². The largest absolute Gasteiger partial charge is 0.488 e. The molecule has 0 fully saturated rings. The summed E-state index contributed by atoms with van der Waals surface area (Å²) in [4.78, 5) is 0. The SMILES string of the molecule is CC(C)(C)Oc1cccc2c1CNC2. The summed E-state index contributed by atoms with van der Waals surface area (Å²) in [7, 11) is 0. The van der Waals surface area contributed by atoms with Crippen LogP contribution in [-0.4, -0.2) is 5.60 Å². The topological polar surface area (TPSA) is 21.3 Å². The van der Waals surface area contributed by atoms with Crippen molar-refractivity contribution in [2.75, 3.05) is 0 Å². The van der Waals surface area contributed by atoms with Crippen LogP contribution in [0.5, 0.6) is 5.75 Å². The van der Waals surface area contributed by atoms with Gasteiger partial charge >= 0.3 is 0 Å². The highest BCUT2D eigenvalue weighted by Crippen LogP contribution is 2.28. The lowest BCUT2D eigenvalue weighted by Gasteiger charge is -2.23. The zero-order valence-electron chi connectivity index (χ0n) is 9.05. The van der Waals surface area contributed by atoms with Crippen LogP contribution in [0.25, 0.3) is 0 Å². The number of nitrogens with one attached hydrogen (secondary N) is 1. The van der Waals surface area contributed by atoms with Crippen molar-refractivity contribution in [3.63, 3.8) is 0 Å². The van der Waals surface area contributed by atoms with Crippen LogP contribution in [0, 0.1) is 0 Å². The molecule has 0 amide bonds. The van der Waals surface area contributed by atoms with Gasteiger partial charge in [-0.3, -0.25) is 0 Å². The number of fused-ring (bicyclic) bond motifs is 1. The van der Waals surface area contributed by atoms with Gasteiger partial charge in [0.05, 0.1) is 0 Å². The number of benzene rings is 1. The van der Waals surface area contributed by atoms with Gasteiger partial charge in [-0.1, -0.05) is 12.1 Å². The van der Waals surface area contributed by atoms with Crippen LogP contribution >= 0.6 is 0 Å². The molecule has 0 aromatic heterocycles. The van der Waals surface area contributed by atoms with Crippen LogP contribution in [0.2, 0.25) is 0 Å². The smallest absolute Gasteiger partial charge is 0.124 e. The third kappa shape index (κ3) is 1.90. The Bertz CT molecular complexity index is 339. The number of hydrogen-bond acceptors (Lipinski definition) is 2. The van der Waals surface area contributed by atoms with Crippen molar-refractivity contribution < 1.29 is 4.74 Å². The van der Waals surface area contributed by atoms with E-state index in [1.165, 1.54) is 11.1 Å². The number of rotatable bonds is 1. The Morgan fingerprint density at radius 2 is 2.00 bits per heavy atom. The van der Waals surface area contributed by atoms with E-state index in [9.17, 15) is 0 Å². The summed E-state index contributed by atoms with van der Waals surface area (Å²) in [6.45, 7) is 8.14. The molecule has 1 aromatic rings. The van der Waals surface area contributed by atoms with Crippen LogP contribution < -0.4 is 10.1 Å². The minimum absolute atomic E-state index is 0.113. The maximum Gasteiger partial charge on any atom is 0.124 e. The molecule has 0 bridgehead atoms. The fourth-order valence-corrected chi connectivity index (χ4v) is 1.73. The summed E-state index contributed by atoms with van der Waals surface area (Å²) in [5.74, 6) is 1.03. The number of hydrogen-bond donors (Lipinski definition) is 1. The Morgan fingerprint density at radius 3 is 2.71 bits per heavy atom. The summed E-state index contributed by atoms with van der Waals surface area (Å²) in [5.41, 5.74) is 2.58. The lowest BCUT2D eigenvalue weighted by molar-refractivity contribution is 0.129. The van der Waals surface area contributed by atoms with Crippen LogP contribution in [0.4, 0.5) is 0 Å². The Kier molecular flexibility index (Phi) is 2.23. The van der Waals surface area contributed by atoms with Gasteiger partial charge in [-0.05, 0) is 32.4 Å². The Labute approximate surface area is 85.3 Å². The van der Waals surface area contributed by atoms with Crippen molar-refractivity contribution in [1.82, 2.24) is 5.32 Å². The average Bonchev–Trinajstić information content (AvgIpc) is 2.49. The molecular formula is C12H17NO. The molecule has 1 aliphatic rings. The molecule has 2 rings (SSSR count). The van der Waals surface area contributed by atoms with E-state index in [1.807, 2.05) is 0 Å². The maximum absolute atomic E-state index is 5.90. The van der Waals surface area contributed by atoms with Crippen molar-refractivity contribution in [2.45, 2.75) is 39.5 Å². The molecule has 14 heavy (non-hydrogen) atoms. The van der Waals surface area contributed by atoms with E-state index in [0.29, 0.717) is 0 Å². The van der Waals surface area contributed by atoms with Crippen molar-refractivity contribution in [3.05, 3.63) is 29.3 Å². The first-order chi connectivity index (χ1) is 6.56. The highest BCUT2D eigenvalue weighted by molar-refractivity contribution is 5.42. The van der Waals surface area contributed by atoms with Crippen LogP contribution in [-0.2, 0) is 13.1 Å². The second kappa shape index (κ2) is 3.28. The average molecular weight is 191 g/mol. The highest BCUT2D eigenvalue weighted by atomic mass is 16.5. The zero-order valence-corrected chi connectivity index (χ0v) is 9.05. The molecule has 2 heteroatoms. The van der Waals surface area contributed by atoms with Crippen molar-refractivity contribution >= 4 is 0 Å². The molecule has 2 nitrogen and oxygen atoms in total. The summed E-state index contributed by atoms with van der Waals surface area (Å²) in [6.07, 6.45) is 0. The Hall–Kier alpha value is -1.02. The monoisotopic (exact) mass is 191 g/mol. The summed E-state index contributed by atoms with van der Waals surface area (Å²) in [6, 6.07) is 6.27. The van der Waals surface area contributed by atoms with Crippen LogP contribution in [0.3, 0.4) is 0 Å². The van der Waals surface area contributed by atoms with Crippen molar-refractivity contribution in [2.24, 2.45) is 0 Å². The molecular weight excluding hydrogens is 174 g/mol. The highest BCUT2D eigenvalue weighted by Gasteiger charge is 2.18. The first kappa shape index (κ1) is 9.53. The number of ether oxygens (including phenoxy) is 1. The Balaban J connectivity index is 2.31. The van der Waals surface area contributed by atoms with E-state index >= 15 is 0 Å². The van der Waals surface area contributed by atoms with E-state index < -0.39 is 0 Å². The summed E-state index contributed by atoms with van der Waals surface area (Å²) < 4.78 is 5.90.